The number of aromatic nitrogens is 1. The summed E-state index contributed by atoms with van der Waals surface area (Å²) in [5.74, 6) is 1.01. The first-order valence-corrected chi connectivity index (χ1v) is 10.5. The molecule has 1 heterocycles. The minimum atomic E-state index is -3.10. The number of sulfone groups is 1. The van der Waals surface area contributed by atoms with E-state index in [1.165, 1.54) is 5.69 Å². The SMILES string of the molecule is CN=C(NCCCS(=O)(=O)Cc1ccccc1)N(C)Cc1cccn1C.I. The molecule has 0 amide bonds. The minimum absolute atomic E-state index is 0. The minimum Gasteiger partial charge on any atom is -0.356 e. The number of hydrogen-bond donors (Lipinski definition) is 1. The number of aryl methyl sites for hydroxylation is 1. The highest BCUT2D eigenvalue weighted by Crippen LogP contribution is 2.07. The van der Waals surface area contributed by atoms with Crippen LogP contribution in [0, 0.1) is 0 Å². The molecule has 0 aliphatic heterocycles. The normalized spacial score (nSPS) is 11.7. The summed E-state index contributed by atoms with van der Waals surface area (Å²) in [5, 5.41) is 3.24. The van der Waals surface area contributed by atoms with E-state index < -0.39 is 9.84 Å². The van der Waals surface area contributed by atoms with Gasteiger partial charge in [-0.15, -0.1) is 24.0 Å². The van der Waals surface area contributed by atoms with E-state index in [-0.39, 0.29) is 35.5 Å². The number of halogens is 1. The topological polar surface area (TPSA) is 66.7 Å². The van der Waals surface area contributed by atoms with E-state index in [0.29, 0.717) is 13.0 Å². The standard InChI is InChI=1S/C19H28N4O2S.HI/c1-20-19(23(3)15-18-11-7-13-22(18)2)21-12-8-14-26(24,25)16-17-9-5-4-6-10-17;/h4-7,9-11,13H,8,12,14-16H2,1-3H3,(H,20,21);1H. The molecule has 150 valence electrons. The quantitative estimate of drug-likeness (QED) is 0.260. The van der Waals surface area contributed by atoms with Gasteiger partial charge in [-0.3, -0.25) is 4.99 Å². The number of guanidine groups is 1. The van der Waals surface area contributed by atoms with Gasteiger partial charge in [0.1, 0.15) is 0 Å². The summed E-state index contributed by atoms with van der Waals surface area (Å²) in [4.78, 5) is 6.29. The maximum atomic E-state index is 12.2. The molecule has 2 aromatic rings. The maximum absolute atomic E-state index is 12.2. The van der Waals surface area contributed by atoms with Gasteiger partial charge >= 0.3 is 0 Å². The molecular formula is C19H29IN4O2S. The van der Waals surface area contributed by atoms with Crippen LogP contribution in [0.25, 0.3) is 0 Å². The third-order valence-corrected chi connectivity index (χ3v) is 5.85. The smallest absolute Gasteiger partial charge is 0.193 e. The fourth-order valence-electron chi connectivity index (χ4n) is 2.76. The summed E-state index contributed by atoms with van der Waals surface area (Å²) in [5.41, 5.74) is 2.01. The number of benzene rings is 1. The molecule has 0 aliphatic rings. The molecule has 0 fully saturated rings. The molecule has 1 N–H and O–H groups in total. The van der Waals surface area contributed by atoms with E-state index in [9.17, 15) is 8.42 Å². The second-order valence-electron chi connectivity index (χ2n) is 6.37. The lowest BCUT2D eigenvalue weighted by atomic mass is 10.2. The molecule has 2 rings (SSSR count). The van der Waals surface area contributed by atoms with Gasteiger partial charge < -0.3 is 14.8 Å². The summed E-state index contributed by atoms with van der Waals surface area (Å²) in [6.45, 7) is 1.30. The van der Waals surface area contributed by atoms with Crippen molar-refractivity contribution in [2.45, 2.75) is 18.7 Å². The van der Waals surface area contributed by atoms with Crippen molar-refractivity contribution in [1.82, 2.24) is 14.8 Å². The molecule has 6 nitrogen and oxygen atoms in total. The first-order valence-electron chi connectivity index (χ1n) is 8.67. The molecule has 0 saturated heterocycles. The second-order valence-corrected chi connectivity index (χ2v) is 8.56. The van der Waals surface area contributed by atoms with Crippen molar-refractivity contribution in [2.75, 3.05) is 26.4 Å². The molecule has 1 aromatic heterocycles. The second kappa shape index (κ2) is 11.3. The Kier molecular flexibility index (Phi) is 9.86. The van der Waals surface area contributed by atoms with Crippen LogP contribution in [-0.2, 0) is 29.2 Å². The van der Waals surface area contributed by atoms with Crippen molar-refractivity contribution in [3.05, 3.63) is 59.9 Å². The fraction of sp³-hybridized carbons (Fsp3) is 0.421. The van der Waals surface area contributed by atoms with Gasteiger partial charge in [-0.05, 0) is 24.1 Å². The van der Waals surface area contributed by atoms with Gasteiger partial charge in [-0.1, -0.05) is 30.3 Å². The van der Waals surface area contributed by atoms with Crippen LogP contribution < -0.4 is 5.32 Å². The predicted octanol–water partition coefficient (Wildman–Crippen LogP) is 2.66. The summed E-state index contributed by atoms with van der Waals surface area (Å²) in [6, 6.07) is 13.4. The molecular weight excluding hydrogens is 475 g/mol. The van der Waals surface area contributed by atoms with Crippen molar-refractivity contribution in [3.8, 4) is 0 Å². The van der Waals surface area contributed by atoms with Crippen molar-refractivity contribution >= 4 is 39.8 Å². The highest BCUT2D eigenvalue weighted by atomic mass is 127. The molecule has 1 aromatic carbocycles. The fourth-order valence-corrected chi connectivity index (χ4v) is 4.18. The number of hydrogen-bond acceptors (Lipinski definition) is 3. The van der Waals surface area contributed by atoms with Crippen LogP contribution in [0.3, 0.4) is 0 Å². The van der Waals surface area contributed by atoms with Crippen LogP contribution in [0.4, 0.5) is 0 Å². The molecule has 0 bridgehead atoms. The molecule has 8 heteroatoms. The molecule has 0 spiro atoms. The van der Waals surface area contributed by atoms with E-state index in [4.69, 9.17) is 0 Å². The van der Waals surface area contributed by atoms with E-state index in [1.807, 2.05) is 61.6 Å². The summed E-state index contributed by atoms with van der Waals surface area (Å²) in [6.07, 6.45) is 2.56. The van der Waals surface area contributed by atoms with Crippen molar-refractivity contribution < 1.29 is 8.42 Å². The number of nitrogens with zero attached hydrogens (tertiary/aromatic N) is 3. The monoisotopic (exact) mass is 504 g/mol. The Morgan fingerprint density at radius 3 is 2.48 bits per heavy atom. The lowest BCUT2D eigenvalue weighted by Gasteiger charge is -2.22. The Labute approximate surface area is 179 Å². The first-order chi connectivity index (χ1) is 12.4. The van der Waals surface area contributed by atoms with Gasteiger partial charge in [-0.2, -0.15) is 0 Å². The Balaban J connectivity index is 0.00000364. The molecule has 0 saturated carbocycles. The molecule has 0 aliphatic carbocycles. The Morgan fingerprint density at radius 2 is 1.89 bits per heavy atom. The Morgan fingerprint density at radius 1 is 1.19 bits per heavy atom. The third-order valence-electron chi connectivity index (χ3n) is 4.17. The Hall–Kier alpha value is -1.55. The molecule has 0 radical (unpaired) electrons. The summed E-state index contributed by atoms with van der Waals surface area (Å²) < 4.78 is 26.5. The summed E-state index contributed by atoms with van der Waals surface area (Å²) in [7, 11) is 2.61. The average molecular weight is 504 g/mol. The maximum Gasteiger partial charge on any atom is 0.193 e. The van der Waals surface area contributed by atoms with Crippen molar-refractivity contribution in [1.29, 1.82) is 0 Å². The third kappa shape index (κ3) is 7.92. The Bertz CT molecular complexity index is 819. The van der Waals surface area contributed by atoms with Crippen molar-refractivity contribution in [2.24, 2.45) is 12.0 Å². The van der Waals surface area contributed by atoms with Gasteiger partial charge in [0.15, 0.2) is 15.8 Å². The van der Waals surface area contributed by atoms with Crippen LogP contribution in [0.2, 0.25) is 0 Å². The van der Waals surface area contributed by atoms with Crippen LogP contribution in [0.5, 0.6) is 0 Å². The van der Waals surface area contributed by atoms with Gasteiger partial charge in [0.2, 0.25) is 0 Å². The van der Waals surface area contributed by atoms with E-state index in [2.05, 4.69) is 20.9 Å². The van der Waals surface area contributed by atoms with Gasteiger partial charge in [-0.25, -0.2) is 8.42 Å². The lowest BCUT2D eigenvalue weighted by molar-refractivity contribution is 0.462. The zero-order chi connectivity index (χ0) is 19.0. The zero-order valence-electron chi connectivity index (χ0n) is 16.1. The largest absolute Gasteiger partial charge is 0.356 e. The van der Waals surface area contributed by atoms with Crippen LogP contribution in [0.15, 0.2) is 53.7 Å². The highest BCUT2D eigenvalue weighted by molar-refractivity contribution is 14.0. The molecule has 0 unspecified atom stereocenters. The molecule has 27 heavy (non-hydrogen) atoms. The van der Waals surface area contributed by atoms with Gasteiger partial charge in [0, 0.05) is 39.6 Å². The highest BCUT2D eigenvalue weighted by Gasteiger charge is 2.12. The number of nitrogens with one attached hydrogen (secondary N) is 1. The van der Waals surface area contributed by atoms with Crippen LogP contribution in [-0.4, -0.2) is 50.2 Å². The van der Waals surface area contributed by atoms with Crippen molar-refractivity contribution in [3.63, 3.8) is 0 Å². The average Bonchev–Trinajstić information content (AvgIpc) is 3.00. The predicted molar refractivity (Wildman–Crippen MR) is 122 cm³/mol. The van der Waals surface area contributed by atoms with E-state index in [0.717, 1.165) is 18.1 Å². The van der Waals surface area contributed by atoms with Gasteiger partial charge in [0.25, 0.3) is 0 Å². The van der Waals surface area contributed by atoms with Gasteiger partial charge in [0.05, 0.1) is 18.1 Å². The van der Waals surface area contributed by atoms with E-state index in [1.54, 1.807) is 7.05 Å². The molecule has 0 atom stereocenters. The summed E-state index contributed by atoms with van der Waals surface area (Å²) >= 11 is 0. The lowest BCUT2D eigenvalue weighted by Crippen LogP contribution is -2.39. The van der Waals surface area contributed by atoms with Crippen LogP contribution >= 0.6 is 24.0 Å². The first kappa shape index (κ1) is 23.5. The zero-order valence-corrected chi connectivity index (χ0v) is 19.3. The number of rotatable bonds is 8. The van der Waals surface area contributed by atoms with Crippen LogP contribution in [0.1, 0.15) is 17.7 Å². The number of aliphatic imine (C=N–C) groups is 1. The van der Waals surface area contributed by atoms with E-state index >= 15 is 0 Å².